The average Bonchev–Trinajstić information content (AvgIpc) is 2.66. The molecule has 1 N–H and O–H groups in total. The molecule has 0 aromatic carbocycles. The maximum Gasteiger partial charge on any atom is 0.0763 e. The second kappa shape index (κ2) is 3.85. The minimum Gasteiger partial charge on any atom is -0.389 e. The van der Waals surface area contributed by atoms with Gasteiger partial charge in [0.1, 0.15) is 0 Å². The number of aliphatic hydroxyl groups is 1. The summed E-state index contributed by atoms with van der Waals surface area (Å²) >= 11 is 0. The van der Waals surface area contributed by atoms with Gasteiger partial charge in [0.15, 0.2) is 0 Å². The highest BCUT2D eigenvalue weighted by Crippen LogP contribution is 2.51. The Balaban J connectivity index is 1.99. The lowest BCUT2D eigenvalue weighted by Crippen LogP contribution is -2.49. The van der Waals surface area contributed by atoms with Gasteiger partial charge in [0, 0.05) is 24.9 Å². The monoisotopic (exact) mass is 222 g/mol. The number of hydrogen-bond donors (Lipinski definition) is 1. The molecule has 0 radical (unpaired) electrons. The topological polar surface area (TPSA) is 29.5 Å². The Hall–Kier alpha value is -0.340. The van der Waals surface area contributed by atoms with E-state index in [-0.39, 0.29) is 6.10 Å². The van der Waals surface area contributed by atoms with E-state index in [1.807, 2.05) is 7.11 Å². The second-order valence-corrected chi connectivity index (χ2v) is 5.78. The van der Waals surface area contributed by atoms with Gasteiger partial charge < -0.3 is 9.84 Å². The van der Waals surface area contributed by atoms with Gasteiger partial charge in [-0.15, -0.1) is 0 Å². The fraction of sp³-hybridized carbons (Fsp3) is 0.857. The lowest BCUT2D eigenvalue weighted by molar-refractivity contribution is -0.118. The summed E-state index contributed by atoms with van der Waals surface area (Å²) in [5.41, 5.74) is -0.466. The van der Waals surface area contributed by atoms with Gasteiger partial charge in [-0.2, -0.15) is 0 Å². The van der Waals surface area contributed by atoms with Crippen LogP contribution < -0.4 is 0 Å². The van der Waals surface area contributed by atoms with E-state index in [0.717, 1.165) is 19.3 Å². The molecule has 0 aromatic heterocycles. The highest BCUT2D eigenvalue weighted by molar-refractivity contribution is 5.15. The van der Waals surface area contributed by atoms with E-state index in [9.17, 15) is 5.11 Å². The van der Waals surface area contributed by atoms with Crippen LogP contribution in [0.15, 0.2) is 12.2 Å². The molecule has 2 fully saturated rings. The Bertz CT molecular complexity index is 299. The lowest BCUT2D eigenvalue weighted by Gasteiger charge is -2.43. The van der Waals surface area contributed by atoms with E-state index in [0.29, 0.717) is 17.8 Å². The van der Waals surface area contributed by atoms with Gasteiger partial charge >= 0.3 is 0 Å². The first-order chi connectivity index (χ1) is 7.75. The minimum atomic E-state index is -0.466. The van der Waals surface area contributed by atoms with Crippen molar-refractivity contribution >= 4 is 0 Å². The Labute approximate surface area is 97.7 Å². The first-order valence-electron chi connectivity index (χ1n) is 6.69. The third-order valence-electron chi connectivity index (χ3n) is 5.11. The molecule has 0 saturated heterocycles. The van der Waals surface area contributed by atoms with Gasteiger partial charge in [0.05, 0.1) is 11.7 Å². The minimum absolute atomic E-state index is 0.248. The third kappa shape index (κ3) is 1.39. The number of rotatable bonds is 1. The van der Waals surface area contributed by atoms with E-state index >= 15 is 0 Å². The van der Waals surface area contributed by atoms with Gasteiger partial charge in [-0.05, 0) is 32.1 Å². The summed E-state index contributed by atoms with van der Waals surface area (Å²) in [4.78, 5) is 0. The largest absolute Gasteiger partial charge is 0.389 e. The van der Waals surface area contributed by atoms with Gasteiger partial charge in [-0.25, -0.2) is 0 Å². The van der Waals surface area contributed by atoms with Crippen molar-refractivity contribution in [2.45, 2.75) is 50.2 Å². The molecule has 0 aromatic rings. The standard InChI is InChI=1S/C14H22O2/c1-16-13-10-4-2-6-12(13)14(15)9-3-5-11(14)8-7-10/h7-8,10-13,15H,2-6,9H2,1H3/t10-,11-,12-,13-,14-/m0/s1. The van der Waals surface area contributed by atoms with Crippen molar-refractivity contribution in [3.05, 3.63) is 12.2 Å². The van der Waals surface area contributed by atoms with Gasteiger partial charge in [0.25, 0.3) is 0 Å². The molecular formula is C14H22O2. The molecule has 5 atom stereocenters. The Kier molecular flexibility index (Phi) is 2.60. The zero-order chi connectivity index (χ0) is 11.2. The van der Waals surface area contributed by atoms with Crippen molar-refractivity contribution in [3.8, 4) is 0 Å². The Morgan fingerprint density at radius 1 is 1.19 bits per heavy atom. The Morgan fingerprint density at radius 3 is 2.88 bits per heavy atom. The lowest BCUT2D eigenvalue weighted by atomic mass is 9.69. The summed E-state index contributed by atoms with van der Waals surface area (Å²) in [5, 5.41) is 11.0. The molecule has 3 aliphatic carbocycles. The van der Waals surface area contributed by atoms with Gasteiger partial charge in [-0.3, -0.25) is 0 Å². The molecule has 0 heterocycles. The van der Waals surface area contributed by atoms with Crippen molar-refractivity contribution in [3.63, 3.8) is 0 Å². The fourth-order valence-electron chi connectivity index (χ4n) is 4.32. The number of ether oxygens (including phenoxy) is 1. The smallest absolute Gasteiger partial charge is 0.0763 e. The Morgan fingerprint density at radius 2 is 2.06 bits per heavy atom. The van der Waals surface area contributed by atoms with Crippen LogP contribution >= 0.6 is 0 Å². The molecule has 0 spiro atoms. The molecule has 2 bridgehead atoms. The summed E-state index contributed by atoms with van der Waals surface area (Å²) in [6.45, 7) is 0. The zero-order valence-electron chi connectivity index (χ0n) is 10.1. The molecule has 3 aliphatic rings. The second-order valence-electron chi connectivity index (χ2n) is 5.78. The maximum atomic E-state index is 11.0. The maximum absolute atomic E-state index is 11.0. The predicted molar refractivity (Wildman–Crippen MR) is 63.1 cm³/mol. The first-order valence-corrected chi connectivity index (χ1v) is 6.69. The quantitative estimate of drug-likeness (QED) is 0.691. The van der Waals surface area contributed by atoms with Crippen LogP contribution in [0.5, 0.6) is 0 Å². The molecule has 2 nitrogen and oxygen atoms in total. The zero-order valence-corrected chi connectivity index (χ0v) is 10.1. The SMILES string of the molecule is CO[C@H]1[C@@H]2C=C[C@@H]3CCC[C@@]3(O)[C@H]1CCC2. The highest BCUT2D eigenvalue weighted by Gasteiger charge is 2.52. The van der Waals surface area contributed by atoms with Crippen LogP contribution in [0.25, 0.3) is 0 Å². The summed E-state index contributed by atoms with van der Waals surface area (Å²) in [6, 6.07) is 0. The normalized spacial score (nSPS) is 51.1. The van der Waals surface area contributed by atoms with Crippen molar-refractivity contribution in [2.24, 2.45) is 17.8 Å². The third-order valence-corrected chi connectivity index (χ3v) is 5.11. The highest BCUT2D eigenvalue weighted by atomic mass is 16.5. The van der Waals surface area contributed by atoms with Crippen molar-refractivity contribution in [1.82, 2.24) is 0 Å². The molecule has 90 valence electrons. The molecular weight excluding hydrogens is 200 g/mol. The van der Waals surface area contributed by atoms with Crippen molar-refractivity contribution in [1.29, 1.82) is 0 Å². The predicted octanol–water partition coefficient (Wildman–Crippen LogP) is 2.52. The van der Waals surface area contributed by atoms with Crippen LogP contribution in [0.4, 0.5) is 0 Å². The summed E-state index contributed by atoms with van der Waals surface area (Å²) in [5.74, 6) is 1.29. The van der Waals surface area contributed by atoms with Crippen LogP contribution in [0.3, 0.4) is 0 Å². The van der Waals surface area contributed by atoms with E-state index in [1.165, 1.54) is 19.3 Å². The van der Waals surface area contributed by atoms with Crippen LogP contribution in [0, 0.1) is 17.8 Å². The van der Waals surface area contributed by atoms with Crippen LogP contribution in [0.2, 0.25) is 0 Å². The average molecular weight is 222 g/mol. The first kappa shape index (κ1) is 10.8. The van der Waals surface area contributed by atoms with E-state index in [1.54, 1.807) is 0 Å². The van der Waals surface area contributed by atoms with Crippen molar-refractivity contribution < 1.29 is 9.84 Å². The molecule has 2 saturated carbocycles. The molecule has 0 amide bonds. The van der Waals surface area contributed by atoms with Gasteiger partial charge in [-0.1, -0.05) is 18.6 Å². The number of methoxy groups -OCH3 is 1. The molecule has 2 heteroatoms. The van der Waals surface area contributed by atoms with E-state index in [2.05, 4.69) is 12.2 Å². The van der Waals surface area contributed by atoms with Crippen LogP contribution in [-0.4, -0.2) is 23.9 Å². The fourth-order valence-corrected chi connectivity index (χ4v) is 4.32. The summed E-state index contributed by atoms with van der Waals surface area (Å²) < 4.78 is 5.70. The van der Waals surface area contributed by atoms with E-state index in [4.69, 9.17) is 4.74 Å². The number of fused-ring (bicyclic) bond motifs is 4. The van der Waals surface area contributed by atoms with Crippen LogP contribution in [0.1, 0.15) is 38.5 Å². The summed E-state index contributed by atoms with van der Waals surface area (Å²) in [7, 11) is 1.81. The molecule has 16 heavy (non-hydrogen) atoms. The molecule has 3 rings (SSSR count). The van der Waals surface area contributed by atoms with E-state index < -0.39 is 5.60 Å². The molecule has 0 unspecified atom stereocenters. The van der Waals surface area contributed by atoms with Crippen molar-refractivity contribution in [2.75, 3.05) is 7.11 Å². The van der Waals surface area contributed by atoms with Crippen LogP contribution in [-0.2, 0) is 4.74 Å². The summed E-state index contributed by atoms with van der Waals surface area (Å²) in [6.07, 6.45) is 11.8. The van der Waals surface area contributed by atoms with Gasteiger partial charge in [0.2, 0.25) is 0 Å². The molecule has 0 aliphatic heterocycles. The number of hydrogen-bond acceptors (Lipinski definition) is 2.